The van der Waals surface area contributed by atoms with E-state index in [1.54, 1.807) is 30.3 Å². The summed E-state index contributed by atoms with van der Waals surface area (Å²) in [4.78, 5) is 29.0. The number of hydrogen-bond donors (Lipinski definition) is 0. The number of furan rings is 1. The van der Waals surface area contributed by atoms with Gasteiger partial charge in [0.1, 0.15) is 12.3 Å². The van der Waals surface area contributed by atoms with Gasteiger partial charge in [-0.2, -0.15) is 26.3 Å². The molecule has 1 aliphatic rings. The third kappa shape index (κ3) is 7.51. The number of rotatable bonds is 10. The van der Waals surface area contributed by atoms with Crippen LogP contribution < -0.4 is 9.47 Å². The molecule has 2 aromatic carbocycles. The van der Waals surface area contributed by atoms with Gasteiger partial charge in [-0.1, -0.05) is 6.07 Å². The normalized spacial score (nSPS) is 12.9. The van der Waals surface area contributed by atoms with E-state index >= 15 is 0 Å². The van der Waals surface area contributed by atoms with Gasteiger partial charge in [-0.25, -0.2) is 0 Å². The molecule has 2 heterocycles. The SMILES string of the molecule is COCCN(CC(=O)N(Cc1ccc2c(c1)OCO2)Cc1ccco1)C(=O)c1cc(C(F)(F)F)cc(C(F)(F)F)c1. The fraction of sp³-hybridized carbons (Fsp3) is 0.333. The Morgan fingerprint density at radius 2 is 1.56 bits per heavy atom. The number of halogens is 6. The highest BCUT2D eigenvalue weighted by Gasteiger charge is 2.38. The van der Waals surface area contributed by atoms with Gasteiger partial charge >= 0.3 is 12.4 Å². The number of methoxy groups -OCH3 is 1. The maximum atomic E-state index is 13.5. The summed E-state index contributed by atoms with van der Waals surface area (Å²) in [6.45, 7) is -1.05. The van der Waals surface area contributed by atoms with Crippen molar-refractivity contribution in [3.05, 3.63) is 82.8 Å². The lowest BCUT2D eigenvalue weighted by Crippen LogP contribution is -2.43. The number of fused-ring (bicyclic) bond motifs is 1. The molecule has 2 amide bonds. The van der Waals surface area contributed by atoms with Crippen molar-refractivity contribution in [1.82, 2.24) is 9.80 Å². The average molecular weight is 586 g/mol. The number of benzene rings is 2. The lowest BCUT2D eigenvalue weighted by Gasteiger charge is -2.28. The van der Waals surface area contributed by atoms with Gasteiger partial charge < -0.3 is 28.4 Å². The number of nitrogens with zero attached hydrogens (tertiary/aromatic N) is 2. The Morgan fingerprint density at radius 1 is 0.878 bits per heavy atom. The minimum Gasteiger partial charge on any atom is -0.467 e. The Bertz CT molecular complexity index is 1340. The monoisotopic (exact) mass is 586 g/mol. The summed E-state index contributed by atoms with van der Waals surface area (Å²) in [5.41, 5.74) is -3.52. The second kappa shape index (κ2) is 12.1. The predicted molar refractivity (Wildman–Crippen MR) is 130 cm³/mol. The molecule has 0 unspecified atom stereocenters. The van der Waals surface area contributed by atoms with E-state index in [1.165, 1.54) is 18.3 Å². The number of carbonyl (C=O) groups excluding carboxylic acids is 2. The third-order valence-electron chi connectivity index (χ3n) is 6.10. The Labute approximate surface area is 230 Å². The van der Waals surface area contributed by atoms with Gasteiger partial charge in [-0.15, -0.1) is 0 Å². The first kappa shape index (κ1) is 29.8. The maximum absolute atomic E-state index is 13.5. The Kier molecular flexibility index (Phi) is 8.80. The number of ether oxygens (including phenoxy) is 3. The first-order valence-electron chi connectivity index (χ1n) is 12.1. The maximum Gasteiger partial charge on any atom is 0.416 e. The van der Waals surface area contributed by atoms with Crippen molar-refractivity contribution in [3.63, 3.8) is 0 Å². The van der Waals surface area contributed by atoms with Crippen LogP contribution in [0.3, 0.4) is 0 Å². The zero-order chi connectivity index (χ0) is 29.8. The summed E-state index contributed by atoms with van der Waals surface area (Å²) in [5.74, 6) is -0.454. The first-order valence-corrected chi connectivity index (χ1v) is 12.1. The Morgan fingerprint density at radius 3 is 2.17 bits per heavy atom. The van der Waals surface area contributed by atoms with Crippen LogP contribution in [0.5, 0.6) is 11.5 Å². The number of amides is 2. The van der Waals surface area contributed by atoms with Crippen LogP contribution in [0.25, 0.3) is 0 Å². The number of carbonyl (C=O) groups is 2. The van der Waals surface area contributed by atoms with Crippen molar-refractivity contribution in [2.75, 3.05) is 33.6 Å². The molecule has 1 aliphatic heterocycles. The van der Waals surface area contributed by atoms with Crippen LogP contribution in [0.2, 0.25) is 0 Å². The largest absolute Gasteiger partial charge is 0.467 e. The van der Waals surface area contributed by atoms with Gasteiger partial charge in [-0.05, 0) is 48.0 Å². The smallest absolute Gasteiger partial charge is 0.416 e. The van der Waals surface area contributed by atoms with Gasteiger partial charge in [0.25, 0.3) is 5.91 Å². The molecule has 1 aromatic heterocycles. The molecule has 3 aromatic rings. The molecule has 0 fully saturated rings. The van der Waals surface area contributed by atoms with Gasteiger partial charge in [0.2, 0.25) is 12.7 Å². The molecule has 0 saturated heterocycles. The van der Waals surface area contributed by atoms with E-state index in [-0.39, 0.29) is 39.1 Å². The summed E-state index contributed by atoms with van der Waals surface area (Å²) in [5, 5.41) is 0. The molecular formula is C27H24F6N2O6. The topological polar surface area (TPSA) is 81.5 Å². The summed E-state index contributed by atoms with van der Waals surface area (Å²) < 4.78 is 101. The van der Waals surface area contributed by atoms with Crippen LogP contribution in [0.4, 0.5) is 26.3 Å². The minimum absolute atomic E-state index is 0.0181. The quantitative estimate of drug-likeness (QED) is 0.298. The van der Waals surface area contributed by atoms with Crippen LogP contribution >= 0.6 is 0 Å². The lowest BCUT2D eigenvalue weighted by atomic mass is 10.0. The first-order chi connectivity index (χ1) is 19.3. The van der Waals surface area contributed by atoms with E-state index in [0.29, 0.717) is 35.0 Å². The number of hydrogen-bond acceptors (Lipinski definition) is 6. The van der Waals surface area contributed by atoms with Crippen molar-refractivity contribution in [2.45, 2.75) is 25.4 Å². The molecule has 0 N–H and O–H groups in total. The molecule has 0 atom stereocenters. The number of alkyl halides is 6. The third-order valence-corrected chi connectivity index (χ3v) is 6.10. The van der Waals surface area contributed by atoms with Gasteiger partial charge in [0.05, 0.1) is 30.5 Å². The van der Waals surface area contributed by atoms with Gasteiger partial charge in [0.15, 0.2) is 11.5 Å². The predicted octanol–water partition coefficient (Wildman–Crippen LogP) is 5.36. The van der Waals surface area contributed by atoms with Crippen molar-refractivity contribution in [3.8, 4) is 11.5 Å². The van der Waals surface area contributed by atoms with Crippen LogP contribution in [0.1, 0.15) is 32.8 Å². The standard InChI is InChI=1S/C27H24F6N2O6/c1-38-8-6-34(25(37)18-10-19(26(28,29)30)12-20(11-18)27(31,32)33)15-24(36)35(14-21-3-2-7-39-21)13-17-4-5-22-23(9-17)41-16-40-22/h2-5,7,9-12H,6,8,13-16H2,1H3. The molecule has 8 nitrogen and oxygen atoms in total. The molecule has 0 radical (unpaired) electrons. The van der Waals surface area contributed by atoms with E-state index in [9.17, 15) is 35.9 Å². The van der Waals surface area contributed by atoms with Crippen molar-refractivity contribution in [1.29, 1.82) is 0 Å². The van der Waals surface area contributed by atoms with Crippen molar-refractivity contribution >= 4 is 11.8 Å². The summed E-state index contributed by atoms with van der Waals surface area (Å²) in [6.07, 6.45) is -8.89. The van der Waals surface area contributed by atoms with E-state index in [2.05, 4.69) is 0 Å². The van der Waals surface area contributed by atoms with Crippen LogP contribution in [0.15, 0.2) is 59.2 Å². The zero-order valence-corrected chi connectivity index (χ0v) is 21.6. The summed E-state index contributed by atoms with van der Waals surface area (Å²) in [7, 11) is 1.29. The molecule has 0 aliphatic carbocycles. The van der Waals surface area contributed by atoms with E-state index in [1.807, 2.05) is 0 Å². The highest BCUT2D eigenvalue weighted by atomic mass is 19.4. The van der Waals surface area contributed by atoms with Gasteiger partial charge in [-0.3, -0.25) is 9.59 Å². The van der Waals surface area contributed by atoms with Crippen LogP contribution in [0, 0.1) is 0 Å². The molecule has 220 valence electrons. The second-order valence-electron chi connectivity index (χ2n) is 9.03. The zero-order valence-electron chi connectivity index (χ0n) is 21.6. The molecule has 0 bridgehead atoms. The van der Waals surface area contributed by atoms with Gasteiger partial charge in [0, 0.05) is 25.8 Å². The van der Waals surface area contributed by atoms with Crippen LogP contribution in [-0.2, 0) is 35.0 Å². The molecule has 0 spiro atoms. The highest BCUT2D eigenvalue weighted by molar-refractivity contribution is 5.97. The summed E-state index contributed by atoms with van der Waals surface area (Å²) >= 11 is 0. The van der Waals surface area contributed by atoms with E-state index in [4.69, 9.17) is 18.6 Å². The molecule has 14 heteroatoms. The fourth-order valence-electron chi connectivity index (χ4n) is 4.06. The fourth-order valence-corrected chi connectivity index (χ4v) is 4.06. The highest BCUT2D eigenvalue weighted by Crippen LogP contribution is 2.37. The second-order valence-corrected chi connectivity index (χ2v) is 9.03. The van der Waals surface area contributed by atoms with Crippen molar-refractivity contribution in [2.24, 2.45) is 0 Å². The summed E-state index contributed by atoms with van der Waals surface area (Å²) in [6, 6.07) is 8.84. The molecule has 0 saturated carbocycles. The van der Waals surface area contributed by atoms with Crippen LogP contribution in [-0.4, -0.2) is 55.2 Å². The molecular weight excluding hydrogens is 562 g/mol. The average Bonchev–Trinajstić information content (AvgIpc) is 3.60. The van der Waals surface area contributed by atoms with Crippen molar-refractivity contribution < 1.29 is 54.6 Å². The molecule has 4 rings (SSSR count). The lowest BCUT2D eigenvalue weighted by molar-refractivity contribution is -0.143. The molecule has 41 heavy (non-hydrogen) atoms. The minimum atomic E-state index is -5.14. The Hall–Kier alpha value is -4.20. The van der Waals surface area contributed by atoms with E-state index < -0.39 is 47.4 Å². The Balaban J connectivity index is 1.62. The van der Waals surface area contributed by atoms with E-state index in [0.717, 1.165) is 4.90 Å².